The van der Waals surface area contributed by atoms with Gasteiger partial charge in [0.1, 0.15) is 34.7 Å². The normalized spacial score (nSPS) is 16.4. The molecular formula is C46H55F7N4O4. The van der Waals surface area contributed by atoms with Crippen molar-refractivity contribution in [2.75, 3.05) is 18.1 Å². The van der Waals surface area contributed by atoms with Crippen molar-refractivity contribution in [1.82, 2.24) is 14.9 Å². The van der Waals surface area contributed by atoms with Crippen LogP contribution in [-0.4, -0.2) is 52.2 Å². The van der Waals surface area contributed by atoms with Crippen LogP contribution in [0.25, 0.3) is 16.7 Å². The molecule has 2 aromatic carbocycles. The van der Waals surface area contributed by atoms with E-state index >= 15 is 4.39 Å². The van der Waals surface area contributed by atoms with Gasteiger partial charge in [0.15, 0.2) is 17.9 Å². The third-order valence-electron chi connectivity index (χ3n) is 10.9. The minimum atomic E-state index is -5.41. The number of carbonyl (C=O) groups is 1. The summed E-state index contributed by atoms with van der Waals surface area (Å²) in [6, 6.07) is 3.89. The minimum absolute atomic E-state index is 0.206. The van der Waals surface area contributed by atoms with E-state index in [9.17, 15) is 41.0 Å². The predicted octanol–water partition coefficient (Wildman–Crippen LogP) is 11.3. The Morgan fingerprint density at radius 3 is 2.16 bits per heavy atom. The highest BCUT2D eigenvalue weighted by Crippen LogP contribution is 2.36. The molecule has 1 fully saturated rings. The number of aliphatic hydroxyl groups excluding tert-OH is 1. The van der Waals surface area contributed by atoms with Gasteiger partial charge in [-0.25, -0.2) is 22.5 Å². The van der Waals surface area contributed by atoms with E-state index in [2.05, 4.69) is 24.1 Å². The molecule has 2 N–H and O–H groups in total. The zero-order valence-electron chi connectivity index (χ0n) is 34.5. The first kappa shape index (κ1) is 47.3. The highest BCUT2D eigenvalue weighted by Gasteiger charge is 2.45. The number of hydrogen-bond donors (Lipinski definition) is 2. The summed E-state index contributed by atoms with van der Waals surface area (Å²) in [4.78, 5) is 33.6. The molecule has 0 bridgehead atoms. The number of aliphatic hydroxyl groups is 1. The number of ether oxygens (including phenoxy) is 1. The van der Waals surface area contributed by atoms with Crippen molar-refractivity contribution in [3.05, 3.63) is 111 Å². The maximum absolute atomic E-state index is 15.4. The lowest BCUT2D eigenvalue weighted by Gasteiger charge is -2.39. The van der Waals surface area contributed by atoms with Gasteiger partial charge >= 0.3 is 6.18 Å². The van der Waals surface area contributed by atoms with Crippen LogP contribution in [0, 0.1) is 23.3 Å². The molecule has 61 heavy (non-hydrogen) atoms. The van der Waals surface area contributed by atoms with Gasteiger partial charge in [-0.3, -0.25) is 14.2 Å². The molecule has 1 saturated heterocycles. The van der Waals surface area contributed by atoms with Gasteiger partial charge in [0.05, 0.1) is 22.7 Å². The van der Waals surface area contributed by atoms with E-state index in [0.717, 1.165) is 80.3 Å². The molecule has 0 aliphatic carbocycles. The Kier molecular flexibility index (Phi) is 17.8. The molecule has 8 nitrogen and oxygen atoms in total. The average Bonchev–Trinajstić information content (AvgIpc) is 3.22. The van der Waals surface area contributed by atoms with Crippen molar-refractivity contribution >= 4 is 22.8 Å². The molecule has 15 heteroatoms. The van der Waals surface area contributed by atoms with E-state index in [1.807, 2.05) is 0 Å². The molecule has 0 saturated carbocycles. The molecule has 4 aromatic rings. The summed E-state index contributed by atoms with van der Waals surface area (Å²) in [6.45, 7) is 2.96. The summed E-state index contributed by atoms with van der Waals surface area (Å²) in [7, 11) is 0. The maximum atomic E-state index is 15.4. The number of amides is 1. The third-order valence-corrected chi connectivity index (χ3v) is 10.9. The minimum Gasteiger partial charge on any atom is -0.388 e. The quantitative estimate of drug-likeness (QED) is 0.0464. The Morgan fingerprint density at radius 1 is 0.885 bits per heavy atom. The first-order chi connectivity index (χ1) is 29.3. The number of aromatic nitrogens is 2. The SMILES string of the molecule is CCCCCCCC/C=C\CCCCCCCCOC1C(O)CCCN1c1ccc2c(=O)c(C(=O)NC(c3c(F)cccc3F)C(F)(F)F)cn(-c3ccc(F)cc3F)c2n1. The van der Waals surface area contributed by atoms with Crippen LogP contribution in [0.15, 0.2) is 71.7 Å². The fraction of sp³-hybridized carbons (Fsp3) is 0.500. The molecule has 0 radical (unpaired) electrons. The first-order valence-corrected chi connectivity index (χ1v) is 21.4. The second-order valence-electron chi connectivity index (χ2n) is 15.6. The average molecular weight is 861 g/mol. The lowest BCUT2D eigenvalue weighted by atomic mass is 10.0. The maximum Gasteiger partial charge on any atom is 0.413 e. The number of alkyl halides is 3. The van der Waals surface area contributed by atoms with E-state index in [1.54, 1.807) is 4.90 Å². The number of unbranched alkanes of at least 4 members (excludes halogenated alkanes) is 12. The fourth-order valence-corrected chi connectivity index (χ4v) is 7.64. The van der Waals surface area contributed by atoms with E-state index in [1.165, 1.54) is 56.0 Å². The van der Waals surface area contributed by atoms with Crippen molar-refractivity contribution in [2.45, 2.75) is 134 Å². The molecule has 3 heterocycles. The monoisotopic (exact) mass is 860 g/mol. The number of benzene rings is 2. The van der Waals surface area contributed by atoms with Gasteiger partial charge in [0, 0.05) is 25.4 Å². The Labute approximate surface area is 351 Å². The third kappa shape index (κ3) is 12.9. The molecule has 5 rings (SSSR count). The van der Waals surface area contributed by atoms with Gasteiger partial charge < -0.3 is 20.1 Å². The van der Waals surface area contributed by atoms with Crippen LogP contribution in [0.4, 0.5) is 36.6 Å². The van der Waals surface area contributed by atoms with Crippen molar-refractivity contribution in [3.8, 4) is 5.69 Å². The van der Waals surface area contributed by atoms with Crippen molar-refractivity contribution in [2.24, 2.45) is 0 Å². The van der Waals surface area contributed by atoms with Gasteiger partial charge in [-0.15, -0.1) is 0 Å². The molecule has 3 unspecified atom stereocenters. The number of nitrogens with one attached hydrogen (secondary N) is 1. The number of anilines is 1. The van der Waals surface area contributed by atoms with Gasteiger partial charge in [0.25, 0.3) is 5.91 Å². The second kappa shape index (κ2) is 22.9. The Bertz CT molecular complexity index is 2120. The zero-order valence-corrected chi connectivity index (χ0v) is 34.5. The molecule has 0 spiro atoms. The summed E-state index contributed by atoms with van der Waals surface area (Å²) in [5.74, 6) is -6.75. The van der Waals surface area contributed by atoms with Gasteiger partial charge in [-0.1, -0.05) is 82.9 Å². The summed E-state index contributed by atoms with van der Waals surface area (Å²) < 4.78 is 108. The number of carbonyl (C=O) groups excluding carboxylic acids is 1. The highest BCUT2D eigenvalue weighted by molar-refractivity contribution is 5.97. The van der Waals surface area contributed by atoms with Crippen LogP contribution in [0.3, 0.4) is 0 Å². The number of pyridine rings is 2. The molecule has 2 aromatic heterocycles. The van der Waals surface area contributed by atoms with Crippen LogP contribution in [-0.2, 0) is 4.74 Å². The number of nitrogens with zero attached hydrogens (tertiary/aromatic N) is 3. The van der Waals surface area contributed by atoms with Gasteiger partial charge in [-0.05, 0) is 81.3 Å². The Balaban J connectivity index is 1.28. The molecule has 1 amide bonds. The number of halogens is 7. The Hall–Kier alpha value is -4.76. The lowest BCUT2D eigenvalue weighted by molar-refractivity contribution is -0.156. The molecule has 332 valence electrons. The van der Waals surface area contributed by atoms with E-state index in [4.69, 9.17) is 4.74 Å². The predicted molar refractivity (Wildman–Crippen MR) is 222 cm³/mol. The van der Waals surface area contributed by atoms with Gasteiger partial charge in [-0.2, -0.15) is 13.2 Å². The number of allylic oxidation sites excluding steroid dienone is 2. The topological polar surface area (TPSA) is 96.7 Å². The van der Waals surface area contributed by atoms with E-state index in [0.29, 0.717) is 44.2 Å². The van der Waals surface area contributed by atoms with Crippen LogP contribution in [0.1, 0.15) is 132 Å². The van der Waals surface area contributed by atoms with E-state index in [-0.39, 0.29) is 16.9 Å². The molecule has 1 aliphatic heterocycles. The van der Waals surface area contributed by atoms with Gasteiger partial charge in [0.2, 0.25) is 5.43 Å². The second-order valence-corrected chi connectivity index (χ2v) is 15.6. The number of hydrogen-bond acceptors (Lipinski definition) is 6. The Morgan fingerprint density at radius 2 is 1.52 bits per heavy atom. The van der Waals surface area contributed by atoms with Crippen molar-refractivity contribution in [3.63, 3.8) is 0 Å². The molecule has 3 atom stereocenters. The van der Waals surface area contributed by atoms with Crippen LogP contribution < -0.4 is 15.6 Å². The smallest absolute Gasteiger partial charge is 0.388 e. The summed E-state index contributed by atoms with van der Waals surface area (Å²) in [6.07, 6.45) is 15.4. The number of rotatable bonds is 22. The van der Waals surface area contributed by atoms with Crippen LogP contribution in [0.5, 0.6) is 0 Å². The van der Waals surface area contributed by atoms with Crippen molar-refractivity contribution < 1.29 is 45.4 Å². The molecular weight excluding hydrogens is 806 g/mol. The standard InChI is InChI=1S/C46H55F7N4O4/c1-2-3-4-5-6-7-8-9-10-11-12-13-14-15-16-17-28-61-45-38(58)22-19-27-56(45)39-26-24-32-41(59)33(30-57(43(32)54-39)37-25-23-31(47)29-36(37)50)44(60)55-42(46(51,52)53)40-34(48)20-18-21-35(40)49/h9-10,18,20-21,23-26,29-30,38,42,45,58H,2-8,11-17,19,22,27-28H2,1H3,(H,55,60)/b10-9-. The van der Waals surface area contributed by atoms with Crippen molar-refractivity contribution in [1.29, 1.82) is 0 Å². The number of piperidine rings is 1. The summed E-state index contributed by atoms with van der Waals surface area (Å²) in [5, 5.41) is 12.2. The largest absolute Gasteiger partial charge is 0.413 e. The van der Waals surface area contributed by atoms with Crippen LogP contribution >= 0.6 is 0 Å². The van der Waals surface area contributed by atoms with Crippen LogP contribution in [0.2, 0.25) is 0 Å². The lowest BCUT2D eigenvalue weighted by Crippen LogP contribution is -2.50. The number of fused-ring (bicyclic) bond motifs is 1. The summed E-state index contributed by atoms with van der Waals surface area (Å²) >= 11 is 0. The fourth-order valence-electron chi connectivity index (χ4n) is 7.64. The summed E-state index contributed by atoms with van der Waals surface area (Å²) in [5.41, 5.74) is -4.21. The van der Waals surface area contributed by atoms with E-state index < -0.39 is 76.0 Å². The zero-order chi connectivity index (χ0) is 43.9. The molecule has 1 aliphatic rings. The highest BCUT2D eigenvalue weighted by atomic mass is 19.4. The first-order valence-electron chi connectivity index (χ1n) is 21.4.